The van der Waals surface area contributed by atoms with Crippen molar-refractivity contribution in [2.45, 2.75) is 38.0 Å². The Balaban J connectivity index is 1.79. The van der Waals surface area contributed by atoms with Gasteiger partial charge in [0.15, 0.2) is 0 Å². The molecule has 2 aliphatic rings. The number of rotatable bonds is 2. The number of aryl methyl sites for hydroxylation is 1. The first-order valence-electron chi connectivity index (χ1n) is 8.68. The zero-order valence-electron chi connectivity index (χ0n) is 14.5. The summed E-state index contributed by atoms with van der Waals surface area (Å²) in [6, 6.07) is 6.80. The summed E-state index contributed by atoms with van der Waals surface area (Å²) in [4.78, 5) is 23.2. The molecule has 5 nitrogen and oxygen atoms in total. The lowest BCUT2D eigenvalue weighted by Crippen LogP contribution is -2.36. The van der Waals surface area contributed by atoms with Gasteiger partial charge in [-0.25, -0.2) is 14.4 Å². The molecular formula is C19H21FN4O. The van der Waals surface area contributed by atoms with Crippen molar-refractivity contribution < 1.29 is 9.18 Å². The zero-order chi connectivity index (χ0) is 17.6. The van der Waals surface area contributed by atoms with Gasteiger partial charge in [0.05, 0.1) is 5.69 Å². The predicted octanol–water partition coefficient (Wildman–Crippen LogP) is 3.44. The highest BCUT2D eigenvalue weighted by Crippen LogP contribution is 2.51. The van der Waals surface area contributed by atoms with E-state index in [0.717, 1.165) is 31.2 Å². The number of carbonyl (C=O) groups is 1. The van der Waals surface area contributed by atoms with Crippen molar-refractivity contribution in [3.05, 3.63) is 47.0 Å². The molecule has 1 spiro atoms. The van der Waals surface area contributed by atoms with Gasteiger partial charge in [-0.05, 0) is 37.5 Å². The molecule has 2 heterocycles. The third-order valence-corrected chi connectivity index (χ3v) is 5.39. The van der Waals surface area contributed by atoms with E-state index in [1.165, 1.54) is 6.07 Å². The topological polar surface area (TPSA) is 58.1 Å². The van der Waals surface area contributed by atoms with Gasteiger partial charge >= 0.3 is 0 Å². The van der Waals surface area contributed by atoms with Crippen molar-refractivity contribution in [2.75, 3.05) is 23.8 Å². The fraction of sp³-hybridized carbons (Fsp3) is 0.421. The van der Waals surface area contributed by atoms with Crippen molar-refractivity contribution in [3.63, 3.8) is 0 Å². The summed E-state index contributed by atoms with van der Waals surface area (Å²) in [5.74, 6) is -0.210. The highest BCUT2D eigenvalue weighted by Gasteiger charge is 2.47. The average Bonchev–Trinajstić information content (AvgIpc) is 3.21. The van der Waals surface area contributed by atoms with Crippen LogP contribution in [0.1, 0.15) is 47.4 Å². The van der Waals surface area contributed by atoms with Crippen molar-refractivity contribution in [1.82, 2.24) is 9.97 Å². The molecule has 1 aromatic carbocycles. The fourth-order valence-corrected chi connectivity index (χ4v) is 4.27. The molecule has 1 aliphatic carbocycles. The van der Waals surface area contributed by atoms with Gasteiger partial charge in [0.1, 0.15) is 11.5 Å². The number of fused-ring (bicyclic) bond motifs is 2. The first-order chi connectivity index (χ1) is 12.0. The Morgan fingerprint density at radius 2 is 2.04 bits per heavy atom. The number of carbonyl (C=O) groups excluding carboxylic acids is 1. The van der Waals surface area contributed by atoms with E-state index >= 15 is 0 Å². The molecule has 130 valence electrons. The lowest BCUT2D eigenvalue weighted by atomic mass is 9.81. The van der Waals surface area contributed by atoms with Gasteiger partial charge < -0.3 is 10.2 Å². The molecule has 2 aromatic rings. The second-order valence-electron chi connectivity index (χ2n) is 6.98. The molecule has 0 saturated heterocycles. The summed E-state index contributed by atoms with van der Waals surface area (Å²) in [7, 11) is 1.71. The van der Waals surface area contributed by atoms with Crippen LogP contribution in [-0.4, -0.2) is 29.5 Å². The second kappa shape index (κ2) is 5.79. The van der Waals surface area contributed by atoms with Gasteiger partial charge in [-0.1, -0.05) is 25.0 Å². The maximum absolute atomic E-state index is 14.6. The Hall–Kier alpha value is -2.50. The molecule has 0 atom stereocenters. The maximum Gasteiger partial charge on any atom is 0.277 e. The van der Waals surface area contributed by atoms with Crippen molar-refractivity contribution >= 4 is 17.5 Å². The molecular weight excluding hydrogens is 319 g/mol. The van der Waals surface area contributed by atoms with E-state index in [1.807, 2.05) is 13.0 Å². The van der Waals surface area contributed by atoms with Crippen LogP contribution < -0.4 is 10.2 Å². The van der Waals surface area contributed by atoms with Crippen molar-refractivity contribution in [2.24, 2.45) is 0 Å². The van der Waals surface area contributed by atoms with Crippen LogP contribution in [0.5, 0.6) is 0 Å². The maximum atomic E-state index is 14.6. The third-order valence-electron chi connectivity index (χ3n) is 5.39. The monoisotopic (exact) mass is 340 g/mol. The summed E-state index contributed by atoms with van der Waals surface area (Å²) < 4.78 is 14.6. The fourth-order valence-electron chi connectivity index (χ4n) is 4.27. The van der Waals surface area contributed by atoms with E-state index in [-0.39, 0.29) is 17.1 Å². The molecule has 6 heteroatoms. The molecule has 25 heavy (non-hydrogen) atoms. The van der Waals surface area contributed by atoms with E-state index in [1.54, 1.807) is 24.1 Å². The van der Waals surface area contributed by atoms with Crippen molar-refractivity contribution in [1.29, 1.82) is 0 Å². The molecule has 1 fully saturated rings. The van der Waals surface area contributed by atoms with Crippen LogP contribution in [0, 0.1) is 12.7 Å². The van der Waals surface area contributed by atoms with Crippen LogP contribution in [0.4, 0.5) is 16.0 Å². The first kappa shape index (κ1) is 16.0. The van der Waals surface area contributed by atoms with Gasteiger partial charge in [0, 0.05) is 24.7 Å². The predicted molar refractivity (Wildman–Crippen MR) is 94.5 cm³/mol. The highest BCUT2D eigenvalue weighted by atomic mass is 19.1. The van der Waals surface area contributed by atoms with E-state index in [4.69, 9.17) is 0 Å². The van der Waals surface area contributed by atoms with Gasteiger partial charge in [-0.15, -0.1) is 0 Å². The minimum atomic E-state index is -0.339. The number of halogens is 1. The number of benzene rings is 1. The van der Waals surface area contributed by atoms with Crippen LogP contribution in [0.15, 0.2) is 24.3 Å². The summed E-state index contributed by atoms with van der Waals surface area (Å²) in [5, 5.41) is 2.87. The van der Waals surface area contributed by atoms with Crippen LogP contribution in [0.2, 0.25) is 0 Å². The van der Waals surface area contributed by atoms with Gasteiger partial charge in [-0.2, -0.15) is 0 Å². The molecule has 1 saturated carbocycles. The van der Waals surface area contributed by atoms with Gasteiger partial charge in [-0.3, -0.25) is 4.79 Å². The Bertz CT molecular complexity index is 845. The van der Waals surface area contributed by atoms with E-state index in [9.17, 15) is 9.18 Å². The molecule has 4 rings (SSSR count). The normalized spacial score (nSPS) is 17.8. The number of amides is 1. The molecule has 0 unspecified atom stereocenters. The first-order valence-corrected chi connectivity index (χ1v) is 8.68. The summed E-state index contributed by atoms with van der Waals surface area (Å²) in [6.07, 6.45) is 4.23. The smallest absolute Gasteiger partial charge is 0.277 e. The van der Waals surface area contributed by atoms with Gasteiger partial charge in [0.25, 0.3) is 5.91 Å². The summed E-state index contributed by atoms with van der Waals surface area (Å²) in [6.45, 7) is 2.34. The van der Waals surface area contributed by atoms with E-state index < -0.39 is 0 Å². The molecule has 0 bridgehead atoms. The van der Waals surface area contributed by atoms with E-state index in [2.05, 4.69) is 15.3 Å². The Morgan fingerprint density at radius 3 is 2.76 bits per heavy atom. The standard InChI is InChI=1S/C19H21FN4O/c1-12-10-15(23-18(21-2)22-12)17(25)24-11-19(8-3-4-9-19)13-6-5-7-14(20)16(13)24/h5-7,10H,3-4,8-9,11H2,1-2H3,(H,21,22,23). The number of hydrogen-bond donors (Lipinski definition) is 1. The highest BCUT2D eigenvalue weighted by molar-refractivity contribution is 6.06. The number of anilines is 2. The quantitative estimate of drug-likeness (QED) is 0.910. The Kier molecular flexibility index (Phi) is 3.71. The molecule has 1 amide bonds. The molecule has 1 aliphatic heterocycles. The van der Waals surface area contributed by atoms with Crippen LogP contribution >= 0.6 is 0 Å². The van der Waals surface area contributed by atoms with Crippen molar-refractivity contribution in [3.8, 4) is 0 Å². The molecule has 1 aromatic heterocycles. The Morgan fingerprint density at radius 1 is 1.28 bits per heavy atom. The SMILES string of the molecule is CNc1nc(C)cc(C(=O)N2CC3(CCCC3)c3cccc(F)c32)n1. The molecule has 0 radical (unpaired) electrons. The Labute approximate surface area is 146 Å². The van der Waals surface area contributed by atoms with Crippen LogP contribution in [-0.2, 0) is 5.41 Å². The van der Waals surface area contributed by atoms with Crippen LogP contribution in [0.25, 0.3) is 0 Å². The lowest BCUT2D eigenvalue weighted by molar-refractivity contribution is 0.0979. The minimum absolute atomic E-state index is 0.110. The second-order valence-corrected chi connectivity index (χ2v) is 6.98. The number of nitrogens with zero attached hydrogens (tertiary/aromatic N) is 3. The summed E-state index contributed by atoms with van der Waals surface area (Å²) in [5.41, 5.74) is 2.28. The number of nitrogens with one attached hydrogen (secondary N) is 1. The molecule has 1 N–H and O–H groups in total. The number of hydrogen-bond acceptors (Lipinski definition) is 4. The van der Waals surface area contributed by atoms with Gasteiger partial charge in [0.2, 0.25) is 5.95 Å². The largest absolute Gasteiger partial charge is 0.357 e. The lowest BCUT2D eigenvalue weighted by Gasteiger charge is -2.24. The minimum Gasteiger partial charge on any atom is -0.357 e. The summed E-state index contributed by atoms with van der Waals surface area (Å²) >= 11 is 0. The number of para-hydroxylation sites is 1. The zero-order valence-corrected chi connectivity index (χ0v) is 14.5. The third kappa shape index (κ3) is 2.47. The van der Waals surface area contributed by atoms with E-state index in [0.29, 0.717) is 29.6 Å². The number of aromatic nitrogens is 2. The average molecular weight is 340 g/mol. The van der Waals surface area contributed by atoms with Crippen LogP contribution in [0.3, 0.4) is 0 Å².